The smallest absolute Gasteiger partial charge is 0.125 e. The van der Waals surface area contributed by atoms with Gasteiger partial charge in [0, 0.05) is 19.4 Å². The van der Waals surface area contributed by atoms with Gasteiger partial charge in [0.25, 0.3) is 0 Å². The van der Waals surface area contributed by atoms with E-state index in [9.17, 15) is 0 Å². The third-order valence-corrected chi connectivity index (χ3v) is 5.36. The maximum Gasteiger partial charge on any atom is 0.125 e. The molecule has 0 spiro atoms. The fourth-order valence-electron chi connectivity index (χ4n) is 1.52. The molecule has 2 rings (SSSR count). The van der Waals surface area contributed by atoms with E-state index in [2.05, 4.69) is 31.9 Å². The second-order valence-electron chi connectivity index (χ2n) is 3.38. The Bertz CT molecular complexity index is 527. The topological polar surface area (TPSA) is 9.23 Å². The summed E-state index contributed by atoms with van der Waals surface area (Å²) in [5, 5.41) is 1.81. The number of hydrogen-bond acceptors (Lipinski definition) is 2. The average Bonchev–Trinajstić information content (AvgIpc) is 2.74. The molecule has 2 aromatic rings. The fraction of sp³-hybridized carbons (Fsp3) is 0.167. The highest BCUT2D eigenvalue weighted by Gasteiger charge is 2.19. The molecule has 1 unspecified atom stereocenters. The zero-order valence-electron chi connectivity index (χ0n) is 8.91. The van der Waals surface area contributed by atoms with Crippen LogP contribution in [0, 0.1) is 0 Å². The Morgan fingerprint density at radius 1 is 1.29 bits per heavy atom. The maximum atomic E-state index is 6.50. The lowest BCUT2D eigenvalue weighted by atomic mass is 10.1. The minimum Gasteiger partial charge on any atom is -0.496 e. The number of alkyl halides is 1. The first-order valence-corrected chi connectivity index (χ1v) is 7.74. The molecule has 5 heteroatoms. The standard InChI is InChI=1S/C12H9Br2ClOS/c1-16-10-6-7(13)2-3-8(10)11(15)12-9(14)4-5-17-12/h2-6,11H,1H3. The van der Waals surface area contributed by atoms with Crippen molar-refractivity contribution in [3.8, 4) is 5.75 Å². The molecule has 0 bridgehead atoms. The minimum atomic E-state index is -0.201. The van der Waals surface area contributed by atoms with Gasteiger partial charge in [-0.25, -0.2) is 0 Å². The van der Waals surface area contributed by atoms with Gasteiger partial charge in [-0.2, -0.15) is 0 Å². The quantitative estimate of drug-likeness (QED) is 0.613. The summed E-state index contributed by atoms with van der Waals surface area (Å²) >= 11 is 15.1. The van der Waals surface area contributed by atoms with E-state index in [1.165, 1.54) is 0 Å². The first kappa shape index (κ1) is 13.4. The van der Waals surface area contributed by atoms with E-state index in [4.69, 9.17) is 16.3 Å². The van der Waals surface area contributed by atoms with Crippen molar-refractivity contribution in [3.63, 3.8) is 0 Å². The Labute approximate surface area is 126 Å². The van der Waals surface area contributed by atoms with Gasteiger partial charge in [0.1, 0.15) is 5.75 Å². The van der Waals surface area contributed by atoms with Crippen molar-refractivity contribution in [2.45, 2.75) is 5.38 Å². The Kier molecular flexibility index (Phi) is 4.53. The van der Waals surface area contributed by atoms with E-state index in [1.54, 1.807) is 18.4 Å². The van der Waals surface area contributed by atoms with Crippen molar-refractivity contribution in [2.75, 3.05) is 7.11 Å². The third kappa shape index (κ3) is 2.87. The molecule has 1 atom stereocenters. The summed E-state index contributed by atoms with van der Waals surface area (Å²) in [5.74, 6) is 0.791. The monoisotopic (exact) mass is 394 g/mol. The van der Waals surface area contributed by atoms with Gasteiger partial charge in [0.2, 0.25) is 0 Å². The molecular formula is C12H9Br2ClOS. The van der Waals surface area contributed by atoms with Crippen LogP contribution in [-0.4, -0.2) is 7.11 Å². The highest BCUT2D eigenvalue weighted by atomic mass is 79.9. The van der Waals surface area contributed by atoms with Crippen molar-refractivity contribution in [3.05, 3.63) is 49.0 Å². The molecule has 90 valence electrons. The van der Waals surface area contributed by atoms with E-state index in [-0.39, 0.29) is 5.38 Å². The van der Waals surface area contributed by atoms with Gasteiger partial charge < -0.3 is 4.74 Å². The van der Waals surface area contributed by atoms with Crippen molar-refractivity contribution in [1.82, 2.24) is 0 Å². The molecule has 1 heterocycles. The molecule has 0 saturated heterocycles. The van der Waals surface area contributed by atoms with Crippen LogP contribution in [0.2, 0.25) is 0 Å². The predicted octanol–water partition coefficient (Wildman–Crippen LogP) is 5.61. The molecule has 0 radical (unpaired) electrons. The summed E-state index contributed by atoms with van der Waals surface area (Å²) < 4.78 is 7.37. The lowest BCUT2D eigenvalue weighted by Gasteiger charge is -2.13. The van der Waals surface area contributed by atoms with Crippen LogP contribution in [0.15, 0.2) is 38.6 Å². The van der Waals surface area contributed by atoms with Gasteiger partial charge in [0.15, 0.2) is 0 Å². The van der Waals surface area contributed by atoms with E-state index in [1.807, 2.05) is 29.6 Å². The van der Waals surface area contributed by atoms with E-state index < -0.39 is 0 Å². The number of hydrogen-bond donors (Lipinski definition) is 0. The van der Waals surface area contributed by atoms with Crippen LogP contribution in [0.1, 0.15) is 15.8 Å². The molecule has 1 aromatic carbocycles. The van der Waals surface area contributed by atoms with Gasteiger partial charge in [-0.1, -0.05) is 22.0 Å². The molecular weight excluding hydrogens is 387 g/mol. The number of benzene rings is 1. The van der Waals surface area contributed by atoms with Crippen LogP contribution in [0.25, 0.3) is 0 Å². The fourth-order valence-corrected chi connectivity index (χ4v) is 4.04. The van der Waals surface area contributed by atoms with E-state index in [0.717, 1.165) is 25.1 Å². The molecule has 17 heavy (non-hydrogen) atoms. The van der Waals surface area contributed by atoms with Crippen LogP contribution in [0.4, 0.5) is 0 Å². The second kappa shape index (κ2) is 5.74. The molecule has 0 amide bonds. The van der Waals surface area contributed by atoms with Crippen molar-refractivity contribution in [1.29, 1.82) is 0 Å². The molecule has 0 aliphatic heterocycles. The van der Waals surface area contributed by atoms with Gasteiger partial charge in [-0.05, 0) is 39.5 Å². The van der Waals surface area contributed by atoms with Crippen molar-refractivity contribution < 1.29 is 4.74 Å². The molecule has 0 aliphatic rings. The summed E-state index contributed by atoms with van der Waals surface area (Å²) in [7, 11) is 1.65. The van der Waals surface area contributed by atoms with Gasteiger partial charge in [0.05, 0.1) is 12.5 Å². The molecule has 1 nitrogen and oxygen atoms in total. The summed E-state index contributed by atoms with van der Waals surface area (Å²) in [6.45, 7) is 0. The molecule has 0 saturated carbocycles. The van der Waals surface area contributed by atoms with Gasteiger partial charge in [-0.3, -0.25) is 0 Å². The minimum absolute atomic E-state index is 0.201. The molecule has 0 fully saturated rings. The van der Waals surface area contributed by atoms with Crippen LogP contribution >= 0.6 is 54.8 Å². The van der Waals surface area contributed by atoms with Crippen molar-refractivity contribution >= 4 is 54.8 Å². The van der Waals surface area contributed by atoms with Crippen LogP contribution in [0.3, 0.4) is 0 Å². The van der Waals surface area contributed by atoms with Crippen LogP contribution in [-0.2, 0) is 0 Å². The summed E-state index contributed by atoms with van der Waals surface area (Å²) in [4.78, 5) is 1.09. The highest BCUT2D eigenvalue weighted by Crippen LogP contribution is 2.41. The van der Waals surface area contributed by atoms with Crippen molar-refractivity contribution in [2.24, 2.45) is 0 Å². The van der Waals surface area contributed by atoms with E-state index in [0.29, 0.717) is 0 Å². The zero-order valence-corrected chi connectivity index (χ0v) is 13.7. The number of rotatable bonds is 3. The largest absolute Gasteiger partial charge is 0.496 e. The summed E-state index contributed by atoms with van der Waals surface area (Å²) in [6.07, 6.45) is 0. The van der Waals surface area contributed by atoms with E-state index >= 15 is 0 Å². The number of thiophene rings is 1. The SMILES string of the molecule is COc1cc(Br)ccc1C(Cl)c1sccc1Br. The third-order valence-electron chi connectivity index (χ3n) is 2.34. The molecule has 0 aliphatic carbocycles. The summed E-state index contributed by atoms with van der Waals surface area (Å²) in [6, 6.07) is 7.87. The Morgan fingerprint density at radius 3 is 2.65 bits per heavy atom. The Balaban J connectivity index is 2.44. The first-order valence-electron chi connectivity index (χ1n) is 4.84. The highest BCUT2D eigenvalue weighted by molar-refractivity contribution is 9.10. The van der Waals surface area contributed by atoms with Crippen LogP contribution < -0.4 is 4.74 Å². The maximum absolute atomic E-state index is 6.50. The zero-order chi connectivity index (χ0) is 12.4. The molecule has 0 N–H and O–H groups in total. The lowest BCUT2D eigenvalue weighted by Crippen LogP contribution is -1.96. The van der Waals surface area contributed by atoms with Crippen LogP contribution in [0.5, 0.6) is 5.75 Å². The average molecular weight is 397 g/mol. The Hall–Kier alpha value is -0.0300. The predicted molar refractivity (Wildman–Crippen MR) is 80.4 cm³/mol. The summed E-state index contributed by atoms with van der Waals surface area (Å²) in [5.41, 5.74) is 0.973. The Morgan fingerprint density at radius 2 is 2.06 bits per heavy atom. The normalized spacial score (nSPS) is 12.5. The van der Waals surface area contributed by atoms with Gasteiger partial charge in [-0.15, -0.1) is 22.9 Å². The second-order valence-corrected chi connectivity index (χ2v) is 6.54. The first-order chi connectivity index (χ1) is 8.13. The molecule has 1 aromatic heterocycles. The van der Waals surface area contributed by atoms with Gasteiger partial charge >= 0.3 is 0 Å². The lowest BCUT2D eigenvalue weighted by molar-refractivity contribution is 0.410. The number of methoxy groups -OCH3 is 1. The number of ether oxygens (including phenoxy) is 1. The number of halogens is 3.